The van der Waals surface area contributed by atoms with Gasteiger partial charge in [0.15, 0.2) is 5.60 Å². The van der Waals surface area contributed by atoms with Gasteiger partial charge < -0.3 is 15.2 Å². The summed E-state index contributed by atoms with van der Waals surface area (Å²) >= 11 is 0. The second-order valence-corrected chi connectivity index (χ2v) is 5.56. The van der Waals surface area contributed by atoms with Crippen LogP contribution in [0.25, 0.3) is 0 Å². The average molecular weight is 288 g/mol. The van der Waals surface area contributed by atoms with Crippen molar-refractivity contribution in [2.75, 3.05) is 39.3 Å². The molecule has 0 aromatic heterocycles. The quantitative estimate of drug-likeness (QED) is 0.761. The van der Waals surface area contributed by atoms with Crippen molar-refractivity contribution in [1.82, 2.24) is 10.2 Å². The monoisotopic (exact) mass is 288 g/mol. The maximum absolute atomic E-state index is 10.2. The van der Waals surface area contributed by atoms with Gasteiger partial charge in [-0.3, -0.25) is 4.90 Å². The summed E-state index contributed by atoms with van der Waals surface area (Å²) < 4.78 is 5.84. The fourth-order valence-corrected chi connectivity index (χ4v) is 2.47. The molecule has 0 amide bonds. The Morgan fingerprint density at radius 2 is 2.05 bits per heavy atom. The van der Waals surface area contributed by atoms with E-state index in [-0.39, 0.29) is 6.61 Å². The number of rotatable bonds is 6. The molecule has 2 unspecified atom stereocenters. The highest BCUT2D eigenvalue weighted by Gasteiger charge is 2.26. The summed E-state index contributed by atoms with van der Waals surface area (Å²) in [4.78, 5) is 2.24. The standard InChI is InChI=1S/C17H24N2O2/c1-3-17(2,15-7-5-4-6-8-15)21-14-16(20)13-19-11-9-18-10-12-19/h1,4-8,16,18,20H,9-14H2,2H3. The van der Waals surface area contributed by atoms with Crippen LogP contribution in [0.15, 0.2) is 30.3 Å². The number of aliphatic hydroxyl groups excluding tert-OH is 1. The molecule has 0 radical (unpaired) electrons. The zero-order valence-corrected chi connectivity index (χ0v) is 12.6. The lowest BCUT2D eigenvalue weighted by Gasteiger charge is -2.31. The molecule has 1 saturated heterocycles. The Kier molecular flexibility index (Phi) is 5.77. The van der Waals surface area contributed by atoms with Gasteiger partial charge in [-0.05, 0) is 12.5 Å². The molecule has 1 aromatic rings. The normalized spacial score (nSPS) is 20.4. The third-order valence-corrected chi connectivity index (χ3v) is 3.84. The third kappa shape index (κ3) is 4.55. The molecule has 1 fully saturated rings. The van der Waals surface area contributed by atoms with Gasteiger partial charge >= 0.3 is 0 Å². The minimum Gasteiger partial charge on any atom is -0.389 e. The van der Waals surface area contributed by atoms with E-state index < -0.39 is 11.7 Å². The Hall–Kier alpha value is -1.38. The zero-order valence-electron chi connectivity index (χ0n) is 12.6. The molecule has 1 aliphatic heterocycles. The molecule has 114 valence electrons. The molecule has 0 bridgehead atoms. The molecule has 2 atom stereocenters. The maximum atomic E-state index is 10.2. The second-order valence-electron chi connectivity index (χ2n) is 5.56. The van der Waals surface area contributed by atoms with Crippen molar-refractivity contribution in [2.24, 2.45) is 0 Å². The van der Waals surface area contributed by atoms with E-state index >= 15 is 0 Å². The van der Waals surface area contributed by atoms with Crippen LogP contribution < -0.4 is 5.32 Å². The van der Waals surface area contributed by atoms with Crippen LogP contribution in [-0.2, 0) is 10.3 Å². The molecule has 0 aliphatic carbocycles. The van der Waals surface area contributed by atoms with Gasteiger partial charge in [-0.1, -0.05) is 36.3 Å². The molecule has 4 nitrogen and oxygen atoms in total. The van der Waals surface area contributed by atoms with E-state index in [4.69, 9.17) is 11.2 Å². The Bertz CT molecular complexity index is 465. The Balaban J connectivity index is 1.86. The first-order valence-corrected chi connectivity index (χ1v) is 7.42. The van der Waals surface area contributed by atoms with Crippen LogP contribution in [0.5, 0.6) is 0 Å². The van der Waals surface area contributed by atoms with Gasteiger partial charge in [0.2, 0.25) is 0 Å². The summed E-state index contributed by atoms with van der Waals surface area (Å²) in [5, 5.41) is 13.4. The first-order valence-electron chi connectivity index (χ1n) is 7.42. The summed E-state index contributed by atoms with van der Waals surface area (Å²) in [7, 11) is 0. The Morgan fingerprint density at radius 3 is 2.67 bits per heavy atom. The number of aliphatic hydroxyl groups is 1. The van der Waals surface area contributed by atoms with E-state index in [9.17, 15) is 5.11 Å². The van der Waals surface area contributed by atoms with Crippen LogP contribution in [0.2, 0.25) is 0 Å². The smallest absolute Gasteiger partial charge is 0.151 e. The number of hydrogen-bond donors (Lipinski definition) is 2. The van der Waals surface area contributed by atoms with Crippen LogP contribution in [0.4, 0.5) is 0 Å². The second kappa shape index (κ2) is 7.58. The number of terminal acetylenes is 1. The molecule has 4 heteroatoms. The largest absolute Gasteiger partial charge is 0.389 e. The van der Waals surface area contributed by atoms with E-state index in [1.807, 2.05) is 37.3 Å². The van der Waals surface area contributed by atoms with Crippen molar-refractivity contribution in [3.63, 3.8) is 0 Å². The summed E-state index contributed by atoms with van der Waals surface area (Å²) in [6, 6.07) is 9.71. The van der Waals surface area contributed by atoms with Gasteiger partial charge in [-0.15, -0.1) is 6.42 Å². The van der Waals surface area contributed by atoms with Gasteiger partial charge in [0.25, 0.3) is 0 Å². The SMILES string of the molecule is C#CC(C)(OCC(O)CN1CCNCC1)c1ccccc1. The summed E-state index contributed by atoms with van der Waals surface area (Å²) in [6.45, 7) is 6.58. The van der Waals surface area contributed by atoms with Gasteiger partial charge in [0.1, 0.15) is 0 Å². The molecule has 21 heavy (non-hydrogen) atoms. The molecule has 1 aliphatic rings. The summed E-state index contributed by atoms with van der Waals surface area (Å²) in [5.41, 5.74) is 0.132. The lowest BCUT2D eigenvalue weighted by Crippen LogP contribution is -2.47. The van der Waals surface area contributed by atoms with Gasteiger partial charge in [0, 0.05) is 32.7 Å². The lowest BCUT2D eigenvalue weighted by atomic mass is 9.97. The van der Waals surface area contributed by atoms with Crippen molar-refractivity contribution >= 4 is 0 Å². The number of β-amino-alcohol motifs (C(OH)–C–C–N with tert-alkyl or cyclic N) is 1. The number of benzene rings is 1. The molecule has 0 spiro atoms. The number of piperazine rings is 1. The minimum absolute atomic E-state index is 0.236. The Labute approximate surface area is 127 Å². The van der Waals surface area contributed by atoms with Crippen molar-refractivity contribution in [3.8, 4) is 12.3 Å². The number of ether oxygens (including phenoxy) is 1. The fourth-order valence-electron chi connectivity index (χ4n) is 2.47. The van der Waals surface area contributed by atoms with E-state index in [0.29, 0.717) is 6.54 Å². The molecular weight excluding hydrogens is 264 g/mol. The highest BCUT2D eigenvalue weighted by molar-refractivity contribution is 5.29. The van der Waals surface area contributed by atoms with E-state index in [2.05, 4.69) is 16.1 Å². The Morgan fingerprint density at radius 1 is 1.38 bits per heavy atom. The van der Waals surface area contributed by atoms with Gasteiger partial charge in [-0.25, -0.2) is 0 Å². The summed E-state index contributed by atoms with van der Waals surface area (Å²) in [5.74, 6) is 2.70. The number of nitrogens with zero attached hydrogens (tertiary/aromatic N) is 1. The minimum atomic E-state index is -0.800. The molecule has 1 aromatic carbocycles. The highest BCUT2D eigenvalue weighted by Crippen LogP contribution is 2.24. The topological polar surface area (TPSA) is 44.7 Å². The van der Waals surface area contributed by atoms with E-state index in [1.54, 1.807) is 0 Å². The van der Waals surface area contributed by atoms with Crippen molar-refractivity contribution in [1.29, 1.82) is 0 Å². The maximum Gasteiger partial charge on any atom is 0.151 e. The van der Waals surface area contributed by atoms with Gasteiger partial charge in [0.05, 0.1) is 12.7 Å². The van der Waals surface area contributed by atoms with Crippen LogP contribution >= 0.6 is 0 Å². The number of hydrogen-bond acceptors (Lipinski definition) is 4. The third-order valence-electron chi connectivity index (χ3n) is 3.84. The highest BCUT2D eigenvalue weighted by atomic mass is 16.5. The van der Waals surface area contributed by atoms with Crippen molar-refractivity contribution in [2.45, 2.75) is 18.6 Å². The average Bonchev–Trinajstić information content (AvgIpc) is 2.54. The summed E-state index contributed by atoms with van der Waals surface area (Å²) in [6.07, 6.45) is 5.11. The number of nitrogens with one attached hydrogen (secondary N) is 1. The van der Waals surface area contributed by atoms with Crippen LogP contribution in [0.1, 0.15) is 12.5 Å². The first kappa shape index (κ1) is 16.0. The molecule has 1 heterocycles. The molecule has 2 rings (SSSR count). The van der Waals surface area contributed by atoms with Crippen LogP contribution in [0, 0.1) is 12.3 Å². The van der Waals surface area contributed by atoms with Crippen LogP contribution in [-0.4, -0.2) is 55.4 Å². The lowest BCUT2D eigenvalue weighted by molar-refractivity contribution is -0.0492. The molecule has 0 saturated carbocycles. The first-order chi connectivity index (χ1) is 10.1. The van der Waals surface area contributed by atoms with Crippen molar-refractivity contribution in [3.05, 3.63) is 35.9 Å². The zero-order chi connectivity index (χ0) is 15.1. The van der Waals surface area contributed by atoms with Gasteiger partial charge in [-0.2, -0.15) is 0 Å². The fraction of sp³-hybridized carbons (Fsp3) is 0.529. The van der Waals surface area contributed by atoms with Crippen LogP contribution in [0.3, 0.4) is 0 Å². The molecule has 2 N–H and O–H groups in total. The van der Waals surface area contributed by atoms with E-state index in [1.165, 1.54) is 0 Å². The van der Waals surface area contributed by atoms with E-state index in [0.717, 1.165) is 31.7 Å². The molecular formula is C17H24N2O2. The predicted molar refractivity (Wildman–Crippen MR) is 83.9 cm³/mol. The predicted octanol–water partition coefficient (Wildman–Crippen LogP) is 0.818. The van der Waals surface area contributed by atoms with Crippen molar-refractivity contribution < 1.29 is 9.84 Å².